The summed E-state index contributed by atoms with van der Waals surface area (Å²) in [4.78, 5) is 12.4. The molecule has 1 amide bonds. The molecule has 7 nitrogen and oxygen atoms in total. The summed E-state index contributed by atoms with van der Waals surface area (Å²) >= 11 is 4.84. The van der Waals surface area contributed by atoms with E-state index < -0.39 is 0 Å². The van der Waals surface area contributed by atoms with Gasteiger partial charge in [-0.1, -0.05) is 47.6 Å². The highest BCUT2D eigenvalue weighted by Gasteiger charge is 2.16. The first kappa shape index (κ1) is 25.8. The molecule has 1 aromatic heterocycles. The van der Waals surface area contributed by atoms with Gasteiger partial charge in [0.25, 0.3) is 0 Å². The van der Waals surface area contributed by atoms with Crippen molar-refractivity contribution in [3.8, 4) is 11.5 Å². The van der Waals surface area contributed by atoms with Crippen molar-refractivity contribution in [2.45, 2.75) is 45.0 Å². The number of nitrogens with zero attached hydrogens (tertiary/aromatic N) is 3. The van der Waals surface area contributed by atoms with Gasteiger partial charge in [0, 0.05) is 16.7 Å². The van der Waals surface area contributed by atoms with Gasteiger partial charge in [-0.15, -0.1) is 16.8 Å². The smallest absolute Gasteiger partial charge is 0.234 e. The monoisotopic (exact) mass is 544 g/mol. The van der Waals surface area contributed by atoms with E-state index >= 15 is 0 Å². The van der Waals surface area contributed by atoms with Gasteiger partial charge >= 0.3 is 0 Å². The largest absolute Gasteiger partial charge is 0.494 e. The Morgan fingerprint density at radius 1 is 1.21 bits per heavy atom. The topological polar surface area (TPSA) is 78.3 Å². The van der Waals surface area contributed by atoms with E-state index in [9.17, 15) is 4.79 Å². The molecule has 1 heterocycles. The third-order valence-electron chi connectivity index (χ3n) is 4.84. The van der Waals surface area contributed by atoms with Crippen molar-refractivity contribution in [3.63, 3.8) is 0 Å². The summed E-state index contributed by atoms with van der Waals surface area (Å²) in [5, 5.41) is 12.1. The fraction of sp³-hybridized carbons (Fsp3) is 0.320. The highest BCUT2D eigenvalue weighted by Crippen LogP contribution is 2.30. The van der Waals surface area contributed by atoms with Gasteiger partial charge in [-0.2, -0.15) is 0 Å². The van der Waals surface area contributed by atoms with Gasteiger partial charge < -0.3 is 14.8 Å². The zero-order valence-electron chi connectivity index (χ0n) is 19.6. The van der Waals surface area contributed by atoms with Gasteiger partial charge in [-0.3, -0.25) is 9.36 Å². The number of halogens is 1. The Hall–Kier alpha value is -2.78. The second kappa shape index (κ2) is 12.6. The number of nitrogens with one attached hydrogen (secondary N) is 1. The van der Waals surface area contributed by atoms with Crippen LogP contribution in [0.25, 0.3) is 0 Å². The van der Waals surface area contributed by atoms with Gasteiger partial charge in [0.05, 0.1) is 12.4 Å². The molecule has 9 heteroatoms. The molecular weight excluding hydrogens is 516 g/mol. The van der Waals surface area contributed by atoms with Crippen molar-refractivity contribution >= 4 is 39.3 Å². The van der Waals surface area contributed by atoms with Crippen LogP contribution >= 0.6 is 27.7 Å². The predicted octanol–water partition coefficient (Wildman–Crippen LogP) is 6.06. The first-order valence-corrected chi connectivity index (χ1v) is 12.8. The number of allylic oxidation sites excluding steroid dienone is 1. The van der Waals surface area contributed by atoms with Gasteiger partial charge in [0.1, 0.15) is 18.1 Å². The zero-order chi connectivity index (χ0) is 24.5. The molecule has 0 aliphatic rings. The fourth-order valence-electron chi connectivity index (χ4n) is 3.22. The summed E-state index contributed by atoms with van der Waals surface area (Å²) in [7, 11) is 0. The zero-order valence-corrected chi connectivity index (χ0v) is 22.0. The van der Waals surface area contributed by atoms with Crippen LogP contribution in [0.15, 0.2) is 64.7 Å². The number of ether oxygens (including phenoxy) is 2. The second-order valence-corrected chi connectivity index (χ2v) is 9.58. The van der Waals surface area contributed by atoms with Crippen LogP contribution in [0.1, 0.15) is 38.1 Å². The number of aromatic nitrogens is 3. The minimum atomic E-state index is -0.128. The SMILES string of the molecule is C=CCn1c(COc2ccc(Br)cc2C(C)C)nnc1SCC(=O)Nc1ccc(OCC)cc1. The maximum atomic E-state index is 12.4. The van der Waals surface area contributed by atoms with Crippen LogP contribution < -0.4 is 14.8 Å². The Kier molecular flexibility index (Phi) is 9.59. The molecule has 3 rings (SSSR count). The molecule has 0 bridgehead atoms. The Balaban J connectivity index is 1.62. The highest BCUT2D eigenvalue weighted by atomic mass is 79.9. The lowest BCUT2D eigenvalue weighted by atomic mass is 10.0. The molecule has 0 aliphatic heterocycles. The van der Waals surface area contributed by atoms with E-state index in [1.807, 2.05) is 47.9 Å². The molecule has 2 aromatic carbocycles. The van der Waals surface area contributed by atoms with Crippen molar-refractivity contribution in [1.82, 2.24) is 14.8 Å². The van der Waals surface area contributed by atoms with Crippen LogP contribution in [-0.2, 0) is 17.9 Å². The summed E-state index contributed by atoms with van der Waals surface area (Å²) in [6.07, 6.45) is 1.77. The molecule has 1 N–H and O–H groups in total. The number of hydrogen-bond donors (Lipinski definition) is 1. The number of anilines is 1. The third kappa shape index (κ3) is 7.11. The van der Waals surface area contributed by atoms with Crippen molar-refractivity contribution in [2.24, 2.45) is 0 Å². The molecule has 0 fully saturated rings. The molecule has 3 aromatic rings. The van der Waals surface area contributed by atoms with Crippen molar-refractivity contribution in [3.05, 3.63) is 71.0 Å². The second-order valence-electron chi connectivity index (χ2n) is 7.72. The first-order valence-electron chi connectivity index (χ1n) is 11.0. The number of carbonyl (C=O) groups excluding carboxylic acids is 1. The molecule has 0 atom stereocenters. The molecule has 0 aliphatic carbocycles. The average molecular weight is 546 g/mol. The lowest BCUT2D eigenvalue weighted by Crippen LogP contribution is -2.15. The third-order valence-corrected chi connectivity index (χ3v) is 6.30. The molecule has 180 valence electrons. The fourth-order valence-corrected chi connectivity index (χ4v) is 4.36. The molecule has 0 spiro atoms. The van der Waals surface area contributed by atoms with E-state index in [0.717, 1.165) is 21.5 Å². The van der Waals surface area contributed by atoms with Crippen LogP contribution in [0.5, 0.6) is 11.5 Å². The minimum absolute atomic E-state index is 0.128. The minimum Gasteiger partial charge on any atom is -0.494 e. The number of amides is 1. The van der Waals surface area contributed by atoms with E-state index in [4.69, 9.17) is 9.47 Å². The molecule has 0 unspecified atom stereocenters. The molecule has 0 saturated heterocycles. The lowest BCUT2D eigenvalue weighted by Gasteiger charge is -2.15. The van der Waals surface area contributed by atoms with Gasteiger partial charge in [-0.05, 0) is 60.9 Å². The Morgan fingerprint density at radius 3 is 2.65 bits per heavy atom. The van der Waals surface area contributed by atoms with Crippen LogP contribution in [0, 0.1) is 0 Å². The highest BCUT2D eigenvalue weighted by molar-refractivity contribution is 9.10. The van der Waals surface area contributed by atoms with E-state index in [-0.39, 0.29) is 18.3 Å². The van der Waals surface area contributed by atoms with Crippen molar-refractivity contribution in [2.75, 3.05) is 17.7 Å². The number of rotatable bonds is 12. The summed E-state index contributed by atoms with van der Waals surface area (Å²) in [5.41, 5.74) is 1.83. The maximum Gasteiger partial charge on any atom is 0.234 e. The summed E-state index contributed by atoms with van der Waals surface area (Å²) < 4.78 is 14.4. The normalized spacial score (nSPS) is 10.9. The predicted molar refractivity (Wildman–Crippen MR) is 140 cm³/mol. The van der Waals surface area contributed by atoms with Crippen molar-refractivity contribution in [1.29, 1.82) is 0 Å². The van der Waals surface area contributed by atoms with Crippen molar-refractivity contribution < 1.29 is 14.3 Å². The molecule has 0 saturated carbocycles. The quantitative estimate of drug-likeness (QED) is 0.220. The summed E-state index contributed by atoms with van der Waals surface area (Å²) in [5.74, 6) is 2.65. The first-order chi connectivity index (χ1) is 16.4. The van der Waals surface area contributed by atoms with Crippen LogP contribution in [0.3, 0.4) is 0 Å². The Morgan fingerprint density at radius 2 is 1.97 bits per heavy atom. The number of hydrogen-bond acceptors (Lipinski definition) is 6. The molecular formula is C25H29BrN4O3S. The number of carbonyl (C=O) groups is 1. The Labute approximate surface area is 213 Å². The standard InChI is InChI=1S/C25H29BrN4O3S/c1-5-13-30-23(15-33-22-12-7-18(26)14-21(22)17(3)4)28-29-25(30)34-16-24(31)27-19-8-10-20(11-9-19)32-6-2/h5,7-12,14,17H,1,6,13,15-16H2,2-4H3,(H,27,31). The number of benzene rings is 2. The van der Waals surface area contributed by atoms with Crippen LogP contribution in [0.2, 0.25) is 0 Å². The van der Waals surface area contributed by atoms with Crippen LogP contribution in [-0.4, -0.2) is 33.0 Å². The van der Waals surface area contributed by atoms with Gasteiger partial charge in [-0.25, -0.2) is 0 Å². The van der Waals surface area contributed by atoms with E-state index in [2.05, 4.69) is 57.9 Å². The molecule has 34 heavy (non-hydrogen) atoms. The maximum absolute atomic E-state index is 12.4. The van der Waals surface area contributed by atoms with E-state index in [1.165, 1.54) is 11.8 Å². The van der Waals surface area contributed by atoms with Crippen LogP contribution in [0.4, 0.5) is 5.69 Å². The van der Waals surface area contributed by atoms with E-state index in [1.54, 1.807) is 6.08 Å². The average Bonchev–Trinajstić information content (AvgIpc) is 3.20. The summed E-state index contributed by atoms with van der Waals surface area (Å²) in [6.45, 7) is 11.4. The molecule has 0 radical (unpaired) electrons. The van der Waals surface area contributed by atoms with Gasteiger partial charge in [0.15, 0.2) is 11.0 Å². The van der Waals surface area contributed by atoms with E-state index in [0.29, 0.717) is 35.7 Å². The van der Waals surface area contributed by atoms with Gasteiger partial charge in [0.2, 0.25) is 5.91 Å². The number of thioether (sulfide) groups is 1. The Bertz CT molecular complexity index is 1120. The lowest BCUT2D eigenvalue weighted by molar-refractivity contribution is -0.113. The summed E-state index contributed by atoms with van der Waals surface area (Å²) in [6, 6.07) is 13.3.